The van der Waals surface area contributed by atoms with Crippen molar-refractivity contribution < 1.29 is 10.0 Å². The number of pyridine rings is 1. The molecule has 8 heteroatoms. The van der Waals surface area contributed by atoms with Gasteiger partial charge in [0.2, 0.25) is 5.91 Å². The molecule has 134 valence electrons. The fourth-order valence-electron chi connectivity index (χ4n) is 3.05. The summed E-state index contributed by atoms with van der Waals surface area (Å²) in [4.78, 5) is 34.0. The second-order valence-electron chi connectivity index (χ2n) is 7.39. The first-order valence-electron chi connectivity index (χ1n) is 8.40. The summed E-state index contributed by atoms with van der Waals surface area (Å²) < 4.78 is 0.450. The van der Waals surface area contributed by atoms with Crippen molar-refractivity contribution in [2.75, 3.05) is 18.4 Å². The van der Waals surface area contributed by atoms with Gasteiger partial charge in [0.05, 0.1) is 5.39 Å². The number of rotatable bonds is 2. The van der Waals surface area contributed by atoms with Crippen LogP contribution < -0.4 is 11.0 Å². The monoisotopic (exact) mass is 345 g/mol. The molecular weight excluding hydrogens is 322 g/mol. The van der Waals surface area contributed by atoms with E-state index in [1.54, 1.807) is 12.1 Å². The zero-order chi connectivity index (χ0) is 18.2. The Morgan fingerprint density at radius 2 is 2.00 bits per heavy atom. The van der Waals surface area contributed by atoms with Gasteiger partial charge in [0.25, 0.3) is 0 Å². The van der Waals surface area contributed by atoms with Gasteiger partial charge in [-0.1, -0.05) is 20.8 Å². The number of amides is 1. The molecule has 0 aliphatic carbocycles. The molecule has 1 amide bonds. The van der Waals surface area contributed by atoms with Gasteiger partial charge in [-0.25, -0.2) is 9.78 Å². The first-order chi connectivity index (χ1) is 11.8. The lowest BCUT2D eigenvalue weighted by Crippen LogP contribution is -2.46. The number of piperidine rings is 1. The van der Waals surface area contributed by atoms with E-state index in [1.165, 1.54) is 6.20 Å². The van der Waals surface area contributed by atoms with E-state index in [0.717, 1.165) is 12.8 Å². The standard InChI is InChI=1S/C17H23N5O3/c1-17(2,3)15(23)21-9-6-11(7-10-21)19-13-12-5-4-8-18-14(12)22(25)16(24)20-13/h4-5,8,11,25H,6-7,9-10H2,1-3H3,(H,19,20,24). The van der Waals surface area contributed by atoms with Crippen LogP contribution in [0.3, 0.4) is 0 Å². The lowest BCUT2D eigenvalue weighted by molar-refractivity contribution is -0.140. The van der Waals surface area contributed by atoms with Gasteiger partial charge in [-0.3, -0.25) is 4.79 Å². The van der Waals surface area contributed by atoms with Gasteiger partial charge in [0.1, 0.15) is 5.82 Å². The Labute approximate surface area is 145 Å². The van der Waals surface area contributed by atoms with Gasteiger partial charge >= 0.3 is 5.69 Å². The number of carbonyl (C=O) groups excluding carboxylic acids is 1. The molecule has 1 aliphatic rings. The predicted octanol–water partition coefficient (Wildman–Crippen LogP) is 1.48. The molecule has 2 aromatic rings. The van der Waals surface area contributed by atoms with E-state index in [2.05, 4.69) is 15.3 Å². The fourth-order valence-corrected chi connectivity index (χ4v) is 3.05. The third-order valence-electron chi connectivity index (χ3n) is 4.40. The molecule has 0 spiro atoms. The topological polar surface area (TPSA) is 100 Å². The van der Waals surface area contributed by atoms with Crippen molar-refractivity contribution in [1.29, 1.82) is 0 Å². The van der Waals surface area contributed by atoms with Crippen LogP contribution in [0.5, 0.6) is 0 Å². The van der Waals surface area contributed by atoms with Crippen LogP contribution in [0.1, 0.15) is 33.6 Å². The minimum Gasteiger partial charge on any atom is -0.422 e. The Hall–Kier alpha value is -2.64. The molecular formula is C17H23N5O3. The molecule has 0 unspecified atom stereocenters. The molecule has 3 rings (SSSR count). The van der Waals surface area contributed by atoms with Crippen molar-refractivity contribution >= 4 is 22.8 Å². The van der Waals surface area contributed by atoms with Gasteiger partial charge < -0.3 is 15.4 Å². The van der Waals surface area contributed by atoms with E-state index >= 15 is 0 Å². The molecule has 1 fully saturated rings. The number of hydrogen-bond donors (Lipinski definition) is 2. The number of nitrogens with zero attached hydrogens (tertiary/aromatic N) is 4. The van der Waals surface area contributed by atoms with Crippen LogP contribution >= 0.6 is 0 Å². The van der Waals surface area contributed by atoms with Crippen molar-refractivity contribution in [3.63, 3.8) is 0 Å². The molecule has 1 aliphatic heterocycles. The Bertz CT molecular complexity index is 847. The molecule has 8 nitrogen and oxygen atoms in total. The molecule has 0 atom stereocenters. The normalized spacial score (nSPS) is 16.2. The van der Waals surface area contributed by atoms with Gasteiger partial charge in [-0.15, -0.1) is 4.73 Å². The van der Waals surface area contributed by atoms with E-state index < -0.39 is 5.69 Å². The minimum atomic E-state index is -0.769. The van der Waals surface area contributed by atoms with E-state index in [9.17, 15) is 14.8 Å². The molecule has 0 bridgehead atoms. The average Bonchev–Trinajstić information content (AvgIpc) is 2.59. The smallest absolute Gasteiger partial charge is 0.384 e. The quantitative estimate of drug-likeness (QED) is 0.800. The molecule has 1 saturated heterocycles. The van der Waals surface area contributed by atoms with E-state index in [1.807, 2.05) is 25.7 Å². The number of likely N-dealkylation sites (tertiary alicyclic amines) is 1. The first-order valence-corrected chi connectivity index (χ1v) is 8.40. The minimum absolute atomic E-state index is 0.105. The number of hydrogen-bond acceptors (Lipinski definition) is 6. The Morgan fingerprint density at radius 3 is 2.64 bits per heavy atom. The van der Waals surface area contributed by atoms with Gasteiger partial charge in [0.15, 0.2) is 5.65 Å². The summed E-state index contributed by atoms with van der Waals surface area (Å²) >= 11 is 0. The van der Waals surface area contributed by atoms with Crippen molar-refractivity contribution in [3.05, 3.63) is 28.8 Å². The molecule has 0 radical (unpaired) electrons. The highest BCUT2D eigenvalue weighted by atomic mass is 16.5. The van der Waals surface area contributed by atoms with Gasteiger partial charge in [-0.2, -0.15) is 4.98 Å². The highest BCUT2D eigenvalue weighted by molar-refractivity contribution is 5.86. The molecule has 25 heavy (non-hydrogen) atoms. The van der Waals surface area contributed by atoms with Crippen molar-refractivity contribution in [3.8, 4) is 0 Å². The van der Waals surface area contributed by atoms with Crippen LogP contribution in [-0.2, 0) is 4.79 Å². The van der Waals surface area contributed by atoms with E-state index in [-0.39, 0.29) is 23.0 Å². The summed E-state index contributed by atoms with van der Waals surface area (Å²) in [5.74, 6) is 0.570. The largest absolute Gasteiger partial charge is 0.422 e. The van der Waals surface area contributed by atoms with Crippen LogP contribution in [0.2, 0.25) is 0 Å². The van der Waals surface area contributed by atoms with E-state index in [4.69, 9.17) is 0 Å². The average molecular weight is 345 g/mol. The van der Waals surface area contributed by atoms with Crippen LogP contribution in [0, 0.1) is 5.41 Å². The maximum absolute atomic E-state index is 12.4. The highest BCUT2D eigenvalue weighted by Gasteiger charge is 2.30. The molecule has 0 aromatic carbocycles. The summed E-state index contributed by atoms with van der Waals surface area (Å²) in [6.45, 7) is 7.11. The summed E-state index contributed by atoms with van der Waals surface area (Å²) in [6.07, 6.45) is 3.05. The van der Waals surface area contributed by atoms with Crippen molar-refractivity contribution in [2.45, 2.75) is 39.7 Å². The third-order valence-corrected chi connectivity index (χ3v) is 4.40. The lowest BCUT2D eigenvalue weighted by atomic mass is 9.93. The Kier molecular flexibility index (Phi) is 4.36. The first kappa shape index (κ1) is 17.2. The highest BCUT2D eigenvalue weighted by Crippen LogP contribution is 2.24. The van der Waals surface area contributed by atoms with Crippen molar-refractivity contribution in [2.24, 2.45) is 5.41 Å². The predicted molar refractivity (Wildman–Crippen MR) is 93.7 cm³/mol. The number of nitrogens with one attached hydrogen (secondary N) is 1. The second kappa shape index (κ2) is 6.34. The number of aromatic nitrogens is 3. The zero-order valence-electron chi connectivity index (χ0n) is 14.7. The molecule has 2 aromatic heterocycles. The van der Waals surface area contributed by atoms with Crippen LogP contribution in [0.4, 0.5) is 5.82 Å². The van der Waals surface area contributed by atoms with Crippen LogP contribution in [0.15, 0.2) is 23.1 Å². The zero-order valence-corrected chi connectivity index (χ0v) is 14.7. The summed E-state index contributed by atoms with van der Waals surface area (Å²) in [7, 11) is 0. The van der Waals surface area contributed by atoms with Crippen LogP contribution in [-0.4, -0.2) is 49.8 Å². The fraction of sp³-hybridized carbons (Fsp3) is 0.529. The van der Waals surface area contributed by atoms with Crippen LogP contribution in [0.25, 0.3) is 11.0 Å². The number of anilines is 1. The lowest BCUT2D eigenvalue weighted by Gasteiger charge is -2.36. The maximum atomic E-state index is 12.4. The van der Waals surface area contributed by atoms with Gasteiger partial charge in [0, 0.05) is 30.7 Å². The second-order valence-corrected chi connectivity index (χ2v) is 7.39. The Morgan fingerprint density at radius 1 is 1.32 bits per heavy atom. The number of carbonyl (C=O) groups is 1. The van der Waals surface area contributed by atoms with Gasteiger partial charge in [-0.05, 0) is 25.0 Å². The molecule has 0 saturated carbocycles. The Balaban J connectivity index is 1.75. The van der Waals surface area contributed by atoms with E-state index in [0.29, 0.717) is 29.0 Å². The summed E-state index contributed by atoms with van der Waals surface area (Å²) in [5.41, 5.74) is -0.977. The third kappa shape index (κ3) is 3.42. The summed E-state index contributed by atoms with van der Waals surface area (Å²) in [6, 6.07) is 3.58. The summed E-state index contributed by atoms with van der Waals surface area (Å²) in [5, 5.41) is 13.6. The number of fused-ring (bicyclic) bond motifs is 1. The molecule has 3 heterocycles. The molecule has 2 N–H and O–H groups in total. The van der Waals surface area contributed by atoms with Crippen molar-refractivity contribution in [1.82, 2.24) is 19.6 Å². The maximum Gasteiger partial charge on any atom is 0.384 e. The SMILES string of the molecule is CC(C)(C)C(=O)N1CCC(Nc2nc(=O)n(O)c3ncccc23)CC1.